The number of anilines is 1. The van der Waals surface area contributed by atoms with Crippen molar-refractivity contribution in [2.45, 2.75) is 11.8 Å². The Kier molecular flexibility index (Phi) is 4.57. The van der Waals surface area contributed by atoms with Crippen molar-refractivity contribution in [2.24, 2.45) is 0 Å². The fourth-order valence-electron chi connectivity index (χ4n) is 1.75. The Morgan fingerprint density at radius 3 is 2.05 bits per heavy atom. The third-order valence-electron chi connectivity index (χ3n) is 2.75. The molecule has 0 aliphatic heterocycles. The van der Waals surface area contributed by atoms with Crippen LogP contribution in [0.1, 0.15) is 17.3 Å². The molecule has 2 N–H and O–H groups in total. The van der Waals surface area contributed by atoms with Crippen LogP contribution in [0.2, 0.25) is 0 Å². The van der Waals surface area contributed by atoms with E-state index >= 15 is 0 Å². The summed E-state index contributed by atoms with van der Waals surface area (Å²) in [5.74, 6) is -0.959. The fourth-order valence-corrected chi connectivity index (χ4v) is 2.72. The SMILES string of the molecule is CC(=O)Nc1ccc(S(=O)(=O)NC(=O)c2ccccc2)cc1. The summed E-state index contributed by atoms with van der Waals surface area (Å²) < 4.78 is 26.3. The number of sulfonamides is 1. The minimum atomic E-state index is -3.97. The standard InChI is InChI=1S/C15H14N2O4S/c1-11(18)16-13-7-9-14(10-8-13)22(20,21)17-15(19)12-5-3-2-4-6-12/h2-10H,1H3,(H,16,18)(H,17,19). The van der Waals surface area contributed by atoms with Crippen LogP contribution in [0.15, 0.2) is 59.5 Å². The Balaban J connectivity index is 2.16. The third-order valence-corrected chi connectivity index (χ3v) is 4.09. The van der Waals surface area contributed by atoms with Gasteiger partial charge in [0.15, 0.2) is 0 Å². The van der Waals surface area contributed by atoms with Gasteiger partial charge in [0.1, 0.15) is 0 Å². The van der Waals surface area contributed by atoms with Crippen LogP contribution < -0.4 is 10.0 Å². The second kappa shape index (κ2) is 6.40. The minimum absolute atomic E-state index is 0.0640. The third kappa shape index (κ3) is 3.92. The summed E-state index contributed by atoms with van der Waals surface area (Å²) in [6, 6.07) is 13.6. The van der Waals surface area contributed by atoms with Gasteiger partial charge in [0, 0.05) is 18.2 Å². The monoisotopic (exact) mass is 318 g/mol. The number of hydrogen-bond acceptors (Lipinski definition) is 4. The van der Waals surface area contributed by atoms with Crippen LogP contribution in [0.3, 0.4) is 0 Å². The number of nitrogens with one attached hydrogen (secondary N) is 2. The zero-order chi connectivity index (χ0) is 16.2. The van der Waals surface area contributed by atoms with Crippen molar-refractivity contribution in [2.75, 3.05) is 5.32 Å². The van der Waals surface area contributed by atoms with E-state index in [2.05, 4.69) is 5.32 Å². The highest BCUT2D eigenvalue weighted by Crippen LogP contribution is 2.14. The lowest BCUT2D eigenvalue weighted by Crippen LogP contribution is -2.30. The van der Waals surface area contributed by atoms with Gasteiger partial charge in [-0.15, -0.1) is 0 Å². The van der Waals surface area contributed by atoms with Crippen LogP contribution >= 0.6 is 0 Å². The Morgan fingerprint density at radius 1 is 0.909 bits per heavy atom. The van der Waals surface area contributed by atoms with E-state index in [1.807, 2.05) is 4.72 Å². The molecule has 7 heteroatoms. The van der Waals surface area contributed by atoms with Crippen LogP contribution in [0.4, 0.5) is 5.69 Å². The maximum Gasteiger partial charge on any atom is 0.264 e. The van der Waals surface area contributed by atoms with Crippen molar-refractivity contribution in [1.29, 1.82) is 0 Å². The van der Waals surface area contributed by atoms with E-state index in [4.69, 9.17) is 0 Å². The van der Waals surface area contributed by atoms with Crippen molar-refractivity contribution in [3.8, 4) is 0 Å². The van der Waals surface area contributed by atoms with Gasteiger partial charge < -0.3 is 5.32 Å². The predicted molar refractivity (Wildman–Crippen MR) is 81.8 cm³/mol. The molecule has 0 bridgehead atoms. The van der Waals surface area contributed by atoms with Crippen LogP contribution in [0, 0.1) is 0 Å². The molecular formula is C15H14N2O4S. The lowest BCUT2D eigenvalue weighted by atomic mass is 10.2. The number of carbonyl (C=O) groups is 2. The largest absolute Gasteiger partial charge is 0.326 e. The molecule has 2 aromatic rings. The predicted octanol–water partition coefficient (Wildman–Crippen LogP) is 1.76. The molecule has 2 amide bonds. The van der Waals surface area contributed by atoms with Gasteiger partial charge in [-0.25, -0.2) is 13.1 Å². The molecule has 0 radical (unpaired) electrons. The maximum absolute atomic E-state index is 12.1. The highest BCUT2D eigenvalue weighted by atomic mass is 32.2. The van der Waals surface area contributed by atoms with Crippen LogP contribution in [-0.4, -0.2) is 20.2 Å². The number of rotatable bonds is 4. The van der Waals surface area contributed by atoms with Gasteiger partial charge in [-0.05, 0) is 36.4 Å². The number of carbonyl (C=O) groups excluding carboxylic acids is 2. The highest BCUT2D eigenvalue weighted by molar-refractivity contribution is 7.90. The second-order valence-corrected chi connectivity index (χ2v) is 6.19. The van der Waals surface area contributed by atoms with Gasteiger partial charge >= 0.3 is 0 Å². The molecule has 0 unspecified atom stereocenters. The summed E-state index contributed by atoms with van der Waals surface area (Å²) in [5, 5.41) is 2.53. The molecule has 0 spiro atoms. The molecule has 0 saturated heterocycles. The normalized spacial score (nSPS) is 10.8. The average Bonchev–Trinajstić information content (AvgIpc) is 2.47. The summed E-state index contributed by atoms with van der Waals surface area (Å²) in [6.07, 6.45) is 0. The maximum atomic E-state index is 12.1. The molecule has 0 saturated carbocycles. The van der Waals surface area contributed by atoms with Gasteiger partial charge in [0.2, 0.25) is 5.91 Å². The first-order valence-corrected chi connectivity index (χ1v) is 7.87. The van der Waals surface area contributed by atoms with E-state index < -0.39 is 15.9 Å². The number of benzene rings is 2. The zero-order valence-corrected chi connectivity index (χ0v) is 12.6. The highest BCUT2D eigenvalue weighted by Gasteiger charge is 2.18. The van der Waals surface area contributed by atoms with Crippen LogP contribution in [0.5, 0.6) is 0 Å². The summed E-state index contributed by atoms with van der Waals surface area (Å²) in [6.45, 7) is 1.35. The van der Waals surface area contributed by atoms with Gasteiger partial charge in [0.05, 0.1) is 4.90 Å². The number of amides is 2. The van der Waals surface area contributed by atoms with Gasteiger partial charge in [-0.3, -0.25) is 9.59 Å². The number of hydrogen-bond donors (Lipinski definition) is 2. The quantitative estimate of drug-likeness (QED) is 0.898. The van der Waals surface area contributed by atoms with Crippen LogP contribution in [-0.2, 0) is 14.8 Å². The lowest BCUT2D eigenvalue weighted by Gasteiger charge is -2.08. The van der Waals surface area contributed by atoms with Crippen molar-refractivity contribution in [3.05, 3.63) is 60.2 Å². The first-order valence-electron chi connectivity index (χ1n) is 6.38. The first kappa shape index (κ1) is 15.7. The van der Waals surface area contributed by atoms with E-state index in [9.17, 15) is 18.0 Å². The van der Waals surface area contributed by atoms with E-state index in [0.717, 1.165) is 0 Å². The van der Waals surface area contributed by atoms with Crippen molar-refractivity contribution < 1.29 is 18.0 Å². The Morgan fingerprint density at radius 2 is 1.50 bits per heavy atom. The lowest BCUT2D eigenvalue weighted by molar-refractivity contribution is -0.114. The summed E-state index contributed by atoms with van der Waals surface area (Å²) in [5.41, 5.74) is 0.724. The smallest absolute Gasteiger partial charge is 0.264 e. The van der Waals surface area contributed by atoms with Gasteiger partial charge in [0.25, 0.3) is 15.9 Å². The summed E-state index contributed by atoms with van der Waals surface area (Å²) >= 11 is 0. The molecule has 0 atom stereocenters. The van der Waals surface area contributed by atoms with Crippen molar-refractivity contribution in [3.63, 3.8) is 0 Å². The molecule has 6 nitrogen and oxygen atoms in total. The zero-order valence-electron chi connectivity index (χ0n) is 11.7. The fraction of sp³-hybridized carbons (Fsp3) is 0.0667. The van der Waals surface area contributed by atoms with E-state index in [1.165, 1.54) is 43.3 Å². The molecule has 114 valence electrons. The van der Waals surface area contributed by atoms with Crippen LogP contribution in [0.25, 0.3) is 0 Å². The van der Waals surface area contributed by atoms with E-state index in [0.29, 0.717) is 5.69 Å². The summed E-state index contributed by atoms with van der Waals surface area (Å²) in [4.78, 5) is 22.7. The molecule has 0 heterocycles. The summed E-state index contributed by atoms with van der Waals surface area (Å²) in [7, 11) is -3.97. The molecular weight excluding hydrogens is 304 g/mol. The first-order chi connectivity index (χ1) is 10.4. The Bertz CT molecular complexity index is 784. The van der Waals surface area contributed by atoms with Gasteiger partial charge in [-0.1, -0.05) is 18.2 Å². The molecule has 0 aliphatic rings. The van der Waals surface area contributed by atoms with Crippen molar-refractivity contribution in [1.82, 2.24) is 4.72 Å². The topological polar surface area (TPSA) is 92.3 Å². The Hall–Kier alpha value is -2.67. The average molecular weight is 318 g/mol. The van der Waals surface area contributed by atoms with Crippen molar-refractivity contribution >= 4 is 27.5 Å². The molecule has 2 aromatic carbocycles. The van der Waals surface area contributed by atoms with E-state index in [-0.39, 0.29) is 16.4 Å². The minimum Gasteiger partial charge on any atom is -0.326 e. The molecule has 2 rings (SSSR count). The Labute approximate surface area is 128 Å². The molecule has 0 aliphatic carbocycles. The molecule has 0 aromatic heterocycles. The van der Waals surface area contributed by atoms with Gasteiger partial charge in [-0.2, -0.15) is 0 Å². The molecule has 0 fully saturated rings. The second-order valence-electron chi connectivity index (χ2n) is 4.51. The molecule has 22 heavy (non-hydrogen) atoms. The van der Waals surface area contributed by atoms with E-state index in [1.54, 1.807) is 18.2 Å².